The van der Waals surface area contributed by atoms with Crippen molar-refractivity contribution in [3.8, 4) is 5.75 Å². The van der Waals surface area contributed by atoms with E-state index in [1.807, 2.05) is 32.0 Å². The van der Waals surface area contributed by atoms with Gasteiger partial charge in [-0.05, 0) is 31.0 Å². The number of hydrogen-bond donors (Lipinski definition) is 1. The van der Waals surface area contributed by atoms with Crippen molar-refractivity contribution in [3.05, 3.63) is 29.3 Å². The third-order valence-corrected chi connectivity index (χ3v) is 1.56. The Morgan fingerprint density at radius 3 is 2.73 bits per heavy atom. The van der Waals surface area contributed by atoms with Crippen LogP contribution in [-0.2, 0) is 0 Å². The highest BCUT2D eigenvalue weighted by molar-refractivity contribution is 6.17. The Morgan fingerprint density at radius 2 is 2.09 bits per heavy atom. The van der Waals surface area contributed by atoms with Crippen molar-refractivity contribution in [1.29, 1.82) is 0 Å². The zero-order valence-corrected chi connectivity index (χ0v) is 6.79. The van der Waals surface area contributed by atoms with Crippen LogP contribution in [0.3, 0.4) is 0 Å². The molecule has 0 unspecified atom stereocenters. The standard InChI is InChI=1S/C8H11BO2/c1-6-3-4-7(2)8(5-6)11-9-10/h3-5,9-10H,1-2H3. The van der Waals surface area contributed by atoms with Crippen LogP contribution in [0.4, 0.5) is 0 Å². The Kier molecular flexibility index (Phi) is 2.55. The summed E-state index contributed by atoms with van der Waals surface area (Å²) in [4.78, 5) is 0. The van der Waals surface area contributed by atoms with Gasteiger partial charge in [-0.25, -0.2) is 0 Å². The lowest BCUT2D eigenvalue weighted by Gasteiger charge is -2.06. The van der Waals surface area contributed by atoms with E-state index in [1.165, 1.54) is 0 Å². The first-order valence-corrected chi connectivity index (χ1v) is 3.55. The predicted molar refractivity (Wildman–Crippen MR) is 45.9 cm³/mol. The van der Waals surface area contributed by atoms with Gasteiger partial charge >= 0.3 is 7.69 Å². The van der Waals surface area contributed by atoms with Gasteiger partial charge < -0.3 is 9.68 Å². The van der Waals surface area contributed by atoms with Crippen molar-refractivity contribution in [2.45, 2.75) is 13.8 Å². The minimum atomic E-state index is -0.260. The van der Waals surface area contributed by atoms with Gasteiger partial charge in [-0.3, -0.25) is 0 Å². The highest BCUT2D eigenvalue weighted by Crippen LogP contribution is 2.17. The van der Waals surface area contributed by atoms with Crippen molar-refractivity contribution in [1.82, 2.24) is 0 Å². The molecule has 1 rings (SSSR count). The van der Waals surface area contributed by atoms with E-state index in [1.54, 1.807) is 0 Å². The molecule has 0 aromatic heterocycles. The number of hydrogen-bond acceptors (Lipinski definition) is 2. The van der Waals surface area contributed by atoms with Gasteiger partial charge in [0.05, 0.1) is 0 Å². The van der Waals surface area contributed by atoms with E-state index in [4.69, 9.17) is 9.68 Å². The quantitative estimate of drug-likeness (QED) is 0.635. The van der Waals surface area contributed by atoms with Crippen LogP contribution in [0.25, 0.3) is 0 Å². The first-order chi connectivity index (χ1) is 5.24. The summed E-state index contributed by atoms with van der Waals surface area (Å²) in [6.07, 6.45) is 0. The first-order valence-electron chi connectivity index (χ1n) is 3.55. The topological polar surface area (TPSA) is 29.5 Å². The SMILES string of the molecule is Cc1ccc(C)c(OBO)c1. The smallest absolute Gasteiger partial charge is 0.504 e. The molecular formula is C8H11BO2. The van der Waals surface area contributed by atoms with E-state index in [2.05, 4.69) is 0 Å². The Morgan fingerprint density at radius 1 is 1.36 bits per heavy atom. The van der Waals surface area contributed by atoms with Gasteiger partial charge in [0.25, 0.3) is 0 Å². The van der Waals surface area contributed by atoms with Gasteiger partial charge in [0, 0.05) is 0 Å². The molecule has 0 aliphatic carbocycles. The molecule has 11 heavy (non-hydrogen) atoms. The maximum absolute atomic E-state index is 8.51. The van der Waals surface area contributed by atoms with Crippen LogP contribution in [-0.4, -0.2) is 12.7 Å². The molecule has 0 atom stereocenters. The summed E-state index contributed by atoms with van der Waals surface area (Å²) in [5, 5.41) is 8.51. The summed E-state index contributed by atoms with van der Waals surface area (Å²) in [5.41, 5.74) is 2.18. The molecular weight excluding hydrogens is 139 g/mol. The van der Waals surface area contributed by atoms with E-state index in [0.717, 1.165) is 16.9 Å². The van der Waals surface area contributed by atoms with Crippen molar-refractivity contribution in [2.24, 2.45) is 0 Å². The number of rotatable bonds is 2. The summed E-state index contributed by atoms with van der Waals surface area (Å²) < 4.78 is 4.97. The van der Waals surface area contributed by atoms with E-state index in [0.29, 0.717) is 0 Å². The third-order valence-electron chi connectivity index (χ3n) is 1.56. The second-order valence-electron chi connectivity index (χ2n) is 2.54. The average Bonchev–Trinajstić information content (AvgIpc) is 1.98. The van der Waals surface area contributed by atoms with E-state index < -0.39 is 0 Å². The van der Waals surface area contributed by atoms with E-state index >= 15 is 0 Å². The molecule has 2 nitrogen and oxygen atoms in total. The van der Waals surface area contributed by atoms with Gasteiger partial charge in [0.15, 0.2) is 0 Å². The van der Waals surface area contributed by atoms with Crippen LogP contribution < -0.4 is 4.65 Å². The molecule has 1 aromatic rings. The van der Waals surface area contributed by atoms with Crippen LogP contribution in [0.15, 0.2) is 18.2 Å². The fraction of sp³-hybridized carbons (Fsp3) is 0.250. The van der Waals surface area contributed by atoms with Crippen LogP contribution in [0, 0.1) is 13.8 Å². The van der Waals surface area contributed by atoms with Crippen molar-refractivity contribution < 1.29 is 9.68 Å². The molecule has 0 amide bonds. The molecule has 0 saturated heterocycles. The van der Waals surface area contributed by atoms with Crippen molar-refractivity contribution in [2.75, 3.05) is 0 Å². The van der Waals surface area contributed by atoms with Crippen LogP contribution >= 0.6 is 0 Å². The normalized spacial score (nSPS) is 9.36. The third kappa shape index (κ3) is 1.98. The molecule has 0 heterocycles. The van der Waals surface area contributed by atoms with Gasteiger partial charge in [-0.15, -0.1) is 0 Å². The number of aryl methyl sites for hydroxylation is 2. The molecule has 3 heteroatoms. The molecule has 0 spiro atoms. The van der Waals surface area contributed by atoms with E-state index in [-0.39, 0.29) is 7.69 Å². The largest absolute Gasteiger partial charge is 0.539 e. The molecule has 0 aliphatic rings. The fourth-order valence-electron chi connectivity index (χ4n) is 0.932. The summed E-state index contributed by atoms with van der Waals surface area (Å²) in [6.45, 7) is 3.94. The molecule has 1 aromatic carbocycles. The van der Waals surface area contributed by atoms with Gasteiger partial charge in [0.2, 0.25) is 0 Å². The highest BCUT2D eigenvalue weighted by atomic mass is 16.5. The Hall–Kier alpha value is -0.955. The van der Waals surface area contributed by atoms with Crippen LogP contribution in [0.5, 0.6) is 5.75 Å². The summed E-state index contributed by atoms with van der Waals surface area (Å²) >= 11 is 0. The highest BCUT2D eigenvalue weighted by Gasteiger charge is 1.97. The molecule has 1 N–H and O–H groups in total. The fourth-order valence-corrected chi connectivity index (χ4v) is 0.932. The minimum absolute atomic E-state index is 0.260. The second kappa shape index (κ2) is 3.44. The summed E-state index contributed by atoms with van der Waals surface area (Å²) in [7, 11) is -0.260. The zero-order chi connectivity index (χ0) is 8.27. The minimum Gasteiger partial charge on any atom is -0.539 e. The van der Waals surface area contributed by atoms with Crippen molar-refractivity contribution >= 4 is 7.69 Å². The van der Waals surface area contributed by atoms with Gasteiger partial charge in [-0.1, -0.05) is 12.1 Å². The average molecular weight is 150 g/mol. The lowest BCUT2D eigenvalue weighted by Crippen LogP contribution is -2.01. The Balaban J connectivity index is 2.93. The zero-order valence-electron chi connectivity index (χ0n) is 6.79. The monoisotopic (exact) mass is 150 g/mol. The predicted octanol–water partition coefficient (Wildman–Crippen LogP) is 0.941. The summed E-state index contributed by atoms with van der Waals surface area (Å²) in [5.74, 6) is 0.757. The summed E-state index contributed by atoms with van der Waals surface area (Å²) in [6, 6.07) is 5.89. The van der Waals surface area contributed by atoms with Crippen LogP contribution in [0.1, 0.15) is 11.1 Å². The molecule has 0 bridgehead atoms. The Bertz CT molecular complexity index is 248. The molecule has 58 valence electrons. The first kappa shape index (κ1) is 8.14. The lowest BCUT2D eigenvalue weighted by molar-refractivity contribution is 0.451. The molecule has 0 saturated carbocycles. The number of benzene rings is 1. The second-order valence-corrected chi connectivity index (χ2v) is 2.54. The Labute approximate surface area is 67.1 Å². The van der Waals surface area contributed by atoms with Crippen LogP contribution in [0.2, 0.25) is 0 Å². The molecule has 0 aliphatic heterocycles. The maximum atomic E-state index is 8.51. The maximum Gasteiger partial charge on any atom is 0.504 e. The van der Waals surface area contributed by atoms with Gasteiger partial charge in [0.1, 0.15) is 5.75 Å². The van der Waals surface area contributed by atoms with Gasteiger partial charge in [-0.2, -0.15) is 0 Å². The lowest BCUT2D eigenvalue weighted by atomic mass is 10.1. The van der Waals surface area contributed by atoms with Crippen molar-refractivity contribution in [3.63, 3.8) is 0 Å². The van der Waals surface area contributed by atoms with E-state index in [9.17, 15) is 0 Å². The molecule has 0 fully saturated rings. The molecule has 0 radical (unpaired) electrons.